The lowest BCUT2D eigenvalue weighted by Gasteiger charge is -2.23. The van der Waals surface area contributed by atoms with Gasteiger partial charge in [-0.15, -0.1) is 0 Å². The Morgan fingerprint density at radius 3 is 2.61 bits per heavy atom. The number of ether oxygens (including phenoxy) is 1. The van der Waals surface area contributed by atoms with Crippen molar-refractivity contribution in [3.8, 4) is 5.88 Å². The number of halogens is 1. The van der Waals surface area contributed by atoms with Crippen LogP contribution in [0.4, 0.5) is 10.2 Å². The minimum Gasteiger partial charge on any atom is -0.478 e. The molecule has 2 aromatic rings. The standard InChI is InChI=1S/C17H21FN4O/c1-23-17-16(19-7-8-20-17)22-10-2-9-21(11-12-22)13-14-3-5-15(18)6-4-14/h3-8H,2,9-13H2,1H3. The van der Waals surface area contributed by atoms with Crippen LogP contribution in [-0.4, -0.2) is 48.2 Å². The molecule has 0 radical (unpaired) electrons. The maximum Gasteiger partial charge on any atom is 0.257 e. The fraction of sp³-hybridized carbons (Fsp3) is 0.412. The number of aromatic nitrogens is 2. The molecule has 0 bridgehead atoms. The number of anilines is 1. The van der Waals surface area contributed by atoms with E-state index in [1.807, 2.05) is 12.1 Å². The Labute approximate surface area is 135 Å². The third kappa shape index (κ3) is 3.96. The molecule has 1 aromatic heterocycles. The van der Waals surface area contributed by atoms with Crippen LogP contribution in [0.25, 0.3) is 0 Å². The largest absolute Gasteiger partial charge is 0.478 e. The number of methoxy groups -OCH3 is 1. The second kappa shape index (κ2) is 7.37. The summed E-state index contributed by atoms with van der Waals surface area (Å²) in [6.07, 6.45) is 4.38. The van der Waals surface area contributed by atoms with E-state index in [9.17, 15) is 4.39 Å². The summed E-state index contributed by atoms with van der Waals surface area (Å²) in [7, 11) is 1.62. The van der Waals surface area contributed by atoms with E-state index in [2.05, 4.69) is 19.8 Å². The Kier molecular flexibility index (Phi) is 5.02. The monoisotopic (exact) mass is 316 g/mol. The van der Waals surface area contributed by atoms with Gasteiger partial charge in [-0.1, -0.05) is 12.1 Å². The summed E-state index contributed by atoms with van der Waals surface area (Å²) < 4.78 is 18.3. The van der Waals surface area contributed by atoms with Gasteiger partial charge in [0.2, 0.25) is 0 Å². The zero-order chi connectivity index (χ0) is 16.1. The molecule has 0 unspecified atom stereocenters. The lowest BCUT2D eigenvalue weighted by atomic mass is 10.2. The molecular weight excluding hydrogens is 295 g/mol. The highest BCUT2D eigenvalue weighted by Gasteiger charge is 2.19. The molecule has 1 aliphatic heterocycles. The van der Waals surface area contributed by atoms with E-state index in [0.29, 0.717) is 5.88 Å². The van der Waals surface area contributed by atoms with Gasteiger partial charge in [-0.3, -0.25) is 4.90 Å². The van der Waals surface area contributed by atoms with Gasteiger partial charge in [-0.05, 0) is 24.1 Å². The van der Waals surface area contributed by atoms with Gasteiger partial charge in [-0.2, -0.15) is 0 Å². The average molecular weight is 316 g/mol. The minimum atomic E-state index is -0.189. The molecule has 0 atom stereocenters. The van der Waals surface area contributed by atoms with Crippen LogP contribution in [0.5, 0.6) is 5.88 Å². The van der Waals surface area contributed by atoms with Crippen molar-refractivity contribution in [3.63, 3.8) is 0 Å². The Balaban J connectivity index is 1.64. The second-order valence-corrected chi connectivity index (χ2v) is 5.63. The first-order valence-electron chi connectivity index (χ1n) is 7.83. The number of nitrogens with zero attached hydrogens (tertiary/aromatic N) is 4. The van der Waals surface area contributed by atoms with Gasteiger partial charge in [0, 0.05) is 45.1 Å². The Bertz CT molecular complexity index is 635. The van der Waals surface area contributed by atoms with E-state index in [0.717, 1.165) is 50.5 Å². The molecule has 1 aliphatic rings. The van der Waals surface area contributed by atoms with E-state index in [-0.39, 0.29) is 5.82 Å². The molecule has 23 heavy (non-hydrogen) atoms. The molecule has 1 aromatic carbocycles. The molecule has 3 rings (SSSR count). The lowest BCUT2D eigenvalue weighted by Crippen LogP contribution is -2.31. The van der Waals surface area contributed by atoms with Crippen molar-refractivity contribution < 1.29 is 9.13 Å². The van der Waals surface area contributed by atoms with Crippen LogP contribution in [0.15, 0.2) is 36.7 Å². The highest BCUT2D eigenvalue weighted by molar-refractivity contribution is 5.47. The predicted octanol–water partition coefficient (Wildman–Crippen LogP) is 2.34. The molecule has 1 saturated heterocycles. The van der Waals surface area contributed by atoms with Gasteiger partial charge in [0.1, 0.15) is 5.82 Å². The molecule has 0 amide bonds. The van der Waals surface area contributed by atoms with E-state index in [4.69, 9.17) is 4.74 Å². The molecular formula is C17H21FN4O. The first kappa shape index (κ1) is 15.7. The number of hydrogen-bond acceptors (Lipinski definition) is 5. The lowest BCUT2D eigenvalue weighted by molar-refractivity contribution is 0.285. The van der Waals surface area contributed by atoms with Crippen LogP contribution in [0, 0.1) is 5.82 Å². The van der Waals surface area contributed by atoms with Crippen molar-refractivity contribution in [1.82, 2.24) is 14.9 Å². The summed E-state index contributed by atoms with van der Waals surface area (Å²) in [5, 5.41) is 0. The van der Waals surface area contributed by atoms with Crippen LogP contribution in [0.3, 0.4) is 0 Å². The van der Waals surface area contributed by atoms with Gasteiger partial charge < -0.3 is 9.64 Å². The summed E-state index contributed by atoms with van der Waals surface area (Å²) in [5.74, 6) is 1.18. The van der Waals surface area contributed by atoms with Gasteiger partial charge in [0.15, 0.2) is 5.82 Å². The summed E-state index contributed by atoms with van der Waals surface area (Å²) >= 11 is 0. The number of benzene rings is 1. The molecule has 122 valence electrons. The van der Waals surface area contributed by atoms with E-state index in [1.54, 1.807) is 19.5 Å². The van der Waals surface area contributed by atoms with E-state index >= 15 is 0 Å². The van der Waals surface area contributed by atoms with Crippen molar-refractivity contribution >= 4 is 5.82 Å². The van der Waals surface area contributed by atoms with Crippen molar-refractivity contribution in [3.05, 3.63) is 48.0 Å². The first-order valence-corrected chi connectivity index (χ1v) is 7.83. The summed E-state index contributed by atoms with van der Waals surface area (Å²) in [6, 6.07) is 6.74. The summed E-state index contributed by atoms with van der Waals surface area (Å²) in [4.78, 5) is 13.2. The zero-order valence-corrected chi connectivity index (χ0v) is 13.3. The number of rotatable bonds is 4. The van der Waals surface area contributed by atoms with Crippen molar-refractivity contribution in [1.29, 1.82) is 0 Å². The Morgan fingerprint density at radius 1 is 1.04 bits per heavy atom. The topological polar surface area (TPSA) is 41.5 Å². The molecule has 6 heteroatoms. The Morgan fingerprint density at radius 2 is 1.83 bits per heavy atom. The molecule has 5 nitrogen and oxygen atoms in total. The quantitative estimate of drug-likeness (QED) is 0.866. The highest BCUT2D eigenvalue weighted by atomic mass is 19.1. The van der Waals surface area contributed by atoms with Crippen LogP contribution in [0.2, 0.25) is 0 Å². The molecule has 1 fully saturated rings. The summed E-state index contributed by atoms with van der Waals surface area (Å²) in [6.45, 7) is 4.57. The van der Waals surface area contributed by atoms with Gasteiger partial charge in [0.25, 0.3) is 5.88 Å². The second-order valence-electron chi connectivity index (χ2n) is 5.63. The normalized spacial score (nSPS) is 16.2. The molecule has 0 aliphatic carbocycles. The highest BCUT2D eigenvalue weighted by Crippen LogP contribution is 2.23. The maximum atomic E-state index is 13.0. The molecule has 0 N–H and O–H groups in total. The van der Waals surface area contributed by atoms with Crippen LogP contribution < -0.4 is 9.64 Å². The third-order valence-electron chi connectivity index (χ3n) is 4.05. The summed E-state index contributed by atoms with van der Waals surface area (Å²) in [5.41, 5.74) is 1.14. The molecule has 0 saturated carbocycles. The maximum absolute atomic E-state index is 13.0. The van der Waals surface area contributed by atoms with E-state index < -0.39 is 0 Å². The van der Waals surface area contributed by atoms with Gasteiger partial charge in [0.05, 0.1) is 7.11 Å². The van der Waals surface area contributed by atoms with Crippen LogP contribution >= 0.6 is 0 Å². The van der Waals surface area contributed by atoms with Crippen molar-refractivity contribution in [2.45, 2.75) is 13.0 Å². The molecule has 2 heterocycles. The van der Waals surface area contributed by atoms with Gasteiger partial charge >= 0.3 is 0 Å². The van der Waals surface area contributed by atoms with Crippen LogP contribution in [0.1, 0.15) is 12.0 Å². The zero-order valence-electron chi connectivity index (χ0n) is 13.3. The van der Waals surface area contributed by atoms with Crippen molar-refractivity contribution in [2.75, 3.05) is 38.2 Å². The third-order valence-corrected chi connectivity index (χ3v) is 4.05. The van der Waals surface area contributed by atoms with E-state index in [1.165, 1.54) is 12.1 Å². The average Bonchev–Trinajstić information content (AvgIpc) is 2.82. The SMILES string of the molecule is COc1nccnc1N1CCCN(Cc2ccc(F)cc2)CC1. The van der Waals surface area contributed by atoms with Crippen molar-refractivity contribution in [2.24, 2.45) is 0 Å². The van der Waals surface area contributed by atoms with Crippen LogP contribution in [-0.2, 0) is 6.54 Å². The Hall–Kier alpha value is -2.21. The minimum absolute atomic E-state index is 0.189. The predicted molar refractivity (Wildman–Crippen MR) is 87.1 cm³/mol. The fourth-order valence-corrected chi connectivity index (χ4v) is 2.87. The van der Waals surface area contributed by atoms with Gasteiger partial charge in [-0.25, -0.2) is 14.4 Å². The number of hydrogen-bond donors (Lipinski definition) is 0. The first-order chi connectivity index (χ1) is 11.3. The molecule has 0 spiro atoms. The smallest absolute Gasteiger partial charge is 0.257 e. The fourth-order valence-electron chi connectivity index (χ4n) is 2.87.